The molecular weight excluding hydrogens is 300 g/mol. The molecule has 0 atom stereocenters. The van der Waals surface area contributed by atoms with Gasteiger partial charge in [0, 0.05) is 11.8 Å². The zero-order chi connectivity index (χ0) is 16.2. The van der Waals surface area contributed by atoms with Crippen molar-refractivity contribution in [3.8, 4) is 11.7 Å². The maximum absolute atomic E-state index is 12.2. The molecule has 0 bridgehead atoms. The Morgan fingerprint density at radius 1 is 1.30 bits per heavy atom. The van der Waals surface area contributed by atoms with Crippen molar-refractivity contribution in [3.05, 3.63) is 60.4 Å². The number of H-pyrrole nitrogens is 1. The molecule has 2 heterocycles. The highest BCUT2D eigenvalue weighted by Crippen LogP contribution is 2.28. The Labute approximate surface area is 130 Å². The molecule has 0 saturated heterocycles. The third-order valence-corrected chi connectivity index (χ3v) is 2.90. The molecule has 8 nitrogen and oxygen atoms in total. The van der Waals surface area contributed by atoms with E-state index in [-0.39, 0.29) is 23.1 Å². The van der Waals surface area contributed by atoms with Gasteiger partial charge in [-0.2, -0.15) is 5.10 Å². The van der Waals surface area contributed by atoms with E-state index in [9.17, 15) is 9.90 Å². The minimum Gasteiger partial charge on any atom is -0.504 e. The minimum absolute atomic E-state index is 0.0128. The maximum atomic E-state index is 12.2. The number of nitrogen functional groups attached to an aromatic ring is 1. The van der Waals surface area contributed by atoms with Gasteiger partial charge >= 0.3 is 5.95 Å². The standard InChI is InChI=1S/C15H12N4O4/c16-9-1-3-10(4-2-9)23-15-11(5-6-22-15)12(20)7-13(21)14-17-8-18-19-14/h1-8,21H,16H2,(H,17,18,19). The van der Waals surface area contributed by atoms with Crippen LogP contribution in [-0.2, 0) is 0 Å². The van der Waals surface area contributed by atoms with Crippen LogP contribution in [0.5, 0.6) is 11.7 Å². The van der Waals surface area contributed by atoms with Crippen molar-refractivity contribution in [2.24, 2.45) is 0 Å². The number of aromatic nitrogens is 3. The van der Waals surface area contributed by atoms with Crippen LogP contribution in [0.25, 0.3) is 5.76 Å². The first-order valence-corrected chi connectivity index (χ1v) is 6.55. The summed E-state index contributed by atoms with van der Waals surface area (Å²) in [7, 11) is 0. The van der Waals surface area contributed by atoms with Crippen molar-refractivity contribution in [2.75, 3.05) is 5.73 Å². The lowest BCUT2D eigenvalue weighted by molar-refractivity contribution is 0.104. The van der Waals surface area contributed by atoms with Gasteiger partial charge in [0.2, 0.25) is 5.82 Å². The average molecular weight is 312 g/mol. The van der Waals surface area contributed by atoms with Crippen LogP contribution in [0.4, 0.5) is 5.69 Å². The van der Waals surface area contributed by atoms with Crippen LogP contribution in [0.1, 0.15) is 16.2 Å². The molecule has 8 heteroatoms. The molecule has 1 aromatic carbocycles. The molecule has 23 heavy (non-hydrogen) atoms. The number of nitrogens with two attached hydrogens (primary N) is 1. The molecule has 2 aromatic heterocycles. The predicted molar refractivity (Wildman–Crippen MR) is 81.0 cm³/mol. The summed E-state index contributed by atoms with van der Waals surface area (Å²) in [5, 5.41) is 15.9. The third kappa shape index (κ3) is 3.21. The zero-order valence-corrected chi connectivity index (χ0v) is 11.8. The molecule has 0 fully saturated rings. The third-order valence-electron chi connectivity index (χ3n) is 2.90. The van der Waals surface area contributed by atoms with E-state index in [0.29, 0.717) is 11.4 Å². The number of allylic oxidation sites excluding steroid dienone is 1. The number of benzene rings is 1. The van der Waals surface area contributed by atoms with Crippen LogP contribution < -0.4 is 10.5 Å². The number of carbonyl (C=O) groups excluding carboxylic acids is 1. The van der Waals surface area contributed by atoms with Gasteiger partial charge in [-0.3, -0.25) is 9.89 Å². The zero-order valence-electron chi connectivity index (χ0n) is 11.8. The highest BCUT2D eigenvalue weighted by atomic mass is 16.6. The molecule has 0 aliphatic heterocycles. The van der Waals surface area contributed by atoms with Crippen LogP contribution >= 0.6 is 0 Å². The molecule has 0 aliphatic carbocycles. The van der Waals surface area contributed by atoms with Crippen LogP contribution in [0.2, 0.25) is 0 Å². The summed E-state index contributed by atoms with van der Waals surface area (Å²) in [5.74, 6) is -0.380. The van der Waals surface area contributed by atoms with Crippen molar-refractivity contribution < 1.29 is 19.1 Å². The number of aromatic amines is 1. The van der Waals surface area contributed by atoms with Crippen LogP contribution in [0, 0.1) is 0 Å². The summed E-state index contributed by atoms with van der Waals surface area (Å²) in [6, 6.07) is 8.06. The monoisotopic (exact) mass is 312 g/mol. The van der Waals surface area contributed by atoms with E-state index >= 15 is 0 Å². The van der Waals surface area contributed by atoms with Crippen molar-refractivity contribution in [1.82, 2.24) is 15.2 Å². The number of ketones is 1. The predicted octanol–water partition coefficient (Wildman–Crippen LogP) is 2.55. The number of ether oxygens (including phenoxy) is 1. The van der Waals surface area contributed by atoms with Crippen LogP contribution in [-0.4, -0.2) is 26.1 Å². The van der Waals surface area contributed by atoms with Gasteiger partial charge in [0.05, 0.1) is 6.26 Å². The Bertz CT molecular complexity index is 835. The summed E-state index contributed by atoms with van der Waals surface area (Å²) in [6.45, 7) is 0. The van der Waals surface area contributed by atoms with E-state index in [1.165, 1.54) is 18.7 Å². The van der Waals surface area contributed by atoms with Gasteiger partial charge in [0.15, 0.2) is 11.5 Å². The molecule has 116 valence electrons. The van der Waals surface area contributed by atoms with Crippen LogP contribution in [0.15, 0.2) is 53.4 Å². The van der Waals surface area contributed by atoms with Crippen molar-refractivity contribution in [3.63, 3.8) is 0 Å². The molecule has 3 rings (SSSR count). The van der Waals surface area contributed by atoms with Gasteiger partial charge in [0.25, 0.3) is 0 Å². The fraction of sp³-hybridized carbons (Fsp3) is 0. The van der Waals surface area contributed by atoms with E-state index in [1.54, 1.807) is 24.3 Å². The van der Waals surface area contributed by atoms with Crippen molar-refractivity contribution >= 4 is 17.2 Å². The fourth-order valence-corrected chi connectivity index (χ4v) is 1.80. The number of carbonyl (C=O) groups is 1. The van der Waals surface area contributed by atoms with Crippen molar-refractivity contribution in [2.45, 2.75) is 0 Å². The number of rotatable bonds is 5. The Balaban J connectivity index is 1.81. The second kappa shape index (κ2) is 6.06. The van der Waals surface area contributed by atoms with E-state index in [4.69, 9.17) is 14.9 Å². The second-order valence-electron chi connectivity index (χ2n) is 4.51. The molecule has 0 aliphatic rings. The topological polar surface area (TPSA) is 127 Å². The quantitative estimate of drug-likeness (QED) is 0.286. The average Bonchev–Trinajstić information content (AvgIpc) is 3.20. The largest absolute Gasteiger partial charge is 0.504 e. The maximum Gasteiger partial charge on any atom is 0.301 e. The number of hydrogen-bond acceptors (Lipinski definition) is 7. The molecule has 4 N–H and O–H groups in total. The lowest BCUT2D eigenvalue weighted by Gasteiger charge is -2.04. The van der Waals surface area contributed by atoms with Gasteiger partial charge in [-0.15, -0.1) is 0 Å². The summed E-state index contributed by atoms with van der Waals surface area (Å²) >= 11 is 0. The van der Waals surface area contributed by atoms with E-state index in [1.807, 2.05) is 0 Å². The Hall–Kier alpha value is -3.55. The number of anilines is 1. The number of furan rings is 1. The number of aliphatic hydroxyl groups excluding tert-OH is 1. The van der Waals surface area contributed by atoms with Crippen molar-refractivity contribution in [1.29, 1.82) is 0 Å². The molecule has 3 aromatic rings. The molecular formula is C15H12N4O4. The number of nitrogens with zero attached hydrogens (tertiary/aromatic N) is 2. The highest BCUT2D eigenvalue weighted by molar-refractivity contribution is 6.08. The minimum atomic E-state index is -0.508. The lowest BCUT2D eigenvalue weighted by atomic mass is 10.2. The molecule has 0 radical (unpaired) electrons. The molecule has 0 amide bonds. The Morgan fingerprint density at radius 2 is 2.09 bits per heavy atom. The lowest BCUT2D eigenvalue weighted by Crippen LogP contribution is -1.98. The molecule has 0 spiro atoms. The van der Waals surface area contributed by atoms with E-state index in [2.05, 4.69) is 15.2 Å². The smallest absolute Gasteiger partial charge is 0.301 e. The number of hydrogen-bond donors (Lipinski definition) is 3. The van der Waals surface area contributed by atoms with Gasteiger partial charge in [0.1, 0.15) is 17.6 Å². The Morgan fingerprint density at radius 3 is 2.78 bits per heavy atom. The summed E-state index contributed by atoms with van der Waals surface area (Å²) in [5.41, 5.74) is 6.34. The molecule has 0 unspecified atom stereocenters. The summed E-state index contributed by atoms with van der Waals surface area (Å²) < 4.78 is 10.7. The van der Waals surface area contributed by atoms with E-state index in [0.717, 1.165) is 6.08 Å². The van der Waals surface area contributed by atoms with Crippen LogP contribution in [0.3, 0.4) is 0 Å². The van der Waals surface area contributed by atoms with Gasteiger partial charge in [-0.1, -0.05) is 0 Å². The summed E-state index contributed by atoms with van der Waals surface area (Å²) in [6.07, 6.45) is 3.60. The second-order valence-corrected chi connectivity index (χ2v) is 4.51. The highest BCUT2D eigenvalue weighted by Gasteiger charge is 2.17. The first kappa shape index (κ1) is 14.4. The van der Waals surface area contributed by atoms with Gasteiger partial charge in [-0.25, -0.2) is 4.98 Å². The Kier molecular flexibility index (Phi) is 3.79. The fourth-order valence-electron chi connectivity index (χ4n) is 1.80. The van der Waals surface area contributed by atoms with Gasteiger partial charge in [-0.05, 0) is 30.3 Å². The SMILES string of the molecule is Nc1ccc(Oc2occc2C(=O)C=C(O)c2nc[nH]n2)cc1. The summed E-state index contributed by atoms with van der Waals surface area (Å²) in [4.78, 5) is 16.0. The first-order valence-electron chi connectivity index (χ1n) is 6.55. The first-order chi connectivity index (χ1) is 11.1. The van der Waals surface area contributed by atoms with Gasteiger partial charge < -0.3 is 20.0 Å². The number of nitrogens with one attached hydrogen (secondary N) is 1. The van der Waals surface area contributed by atoms with E-state index < -0.39 is 5.78 Å². The number of aliphatic hydroxyl groups is 1. The normalized spacial score (nSPS) is 11.4. The molecule has 0 saturated carbocycles.